The lowest BCUT2D eigenvalue weighted by atomic mass is 9.92. The van der Waals surface area contributed by atoms with Gasteiger partial charge in [-0.05, 0) is 24.5 Å². The molecule has 2 aliphatic rings. The molecule has 6 heteroatoms. The molecule has 1 heterocycles. The van der Waals surface area contributed by atoms with E-state index in [-0.39, 0.29) is 5.91 Å². The van der Waals surface area contributed by atoms with Gasteiger partial charge in [0.05, 0.1) is 5.54 Å². The fraction of sp³-hybridized carbons (Fsp3) is 0.400. The number of benzene rings is 1. The third-order valence-corrected chi connectivity index (χ3v) is 4.88. The van der Waals surface area contributed by atoms with E-state index in [1.165, 1.54) is 0 Å². The first-order valence-electron chi connectivity index (χ1n) is 6.98. The first kappa shape index (κ1) is 14.4. The van der Waals surface area contributed by atoms with E-state index in [0.717, 1.165) is 30.2 Å². The van der Waals surface area contributed by atoms with Crippen molar-refractivity contribution in [2.45, 2.75) is 37.1 Å². The number of hydrogen-bond acceptors (Lipinski definition) is 3. The lowest BCUT2D eigenvalue weighted by molar-refractivity contribution is -0.130. The average molecular weight is 350 g/mol. The molecule has 0 radical (unpaired) electrons. The zero-order chi connectivity index (χ0) is 15.0. The van der Waals surface area contributed by atoms with Crippen molar-refractivity contribution >= 4 is 33.6 Å². The molecule has 1 aliphatic carbocycles. The maximum Gasteiger partial charge on any atom is 0.264 e. The summed E-state index contributed by atoms with van der Waals surface area (Å²) in [6.45, 7) is 0. The number of nitrogens with two attached hydrogens (primary N) is 1. The predicted octanol–water partition coefficient (Wildman–Crippen LogP) is 1.86. The van der Waals surface area contributed by atoms with Gasteiger partial charge in [-0.1, -0.05) is 47.0 Å². The molecule has 1 fully saturated rings. The number of carbonyl (C=O) groups excluding carboxylic acids is 2. The van der Waals surface area contributed by atoms with Crippen molar-refractivity contribution < 1.29 is 9.59 Å². The molecule has 1 aromatic carbocycles. The van der Waals surface area contributed by atoms with Gasteiger partial charge in [-0.15, -0.1) is 0 Å². The van der Waals surface area contributed by atoms with Gasteiger partial charge in [0.1, 0.15) is 11.8 Å². The van der Waals surface area contributed by atoms with Gasteiger partial charge in [0, 0.05) is 4.47 Å². The van der Waals surface area contributed by atoms with Crippen molar-refractivity contribution in [2.24, 2.45) is 10.7 Å². The molecule has 1 atom stereocenters. The molecule has 110 valence electrons. The summed E-state index contributed by atoms with van der Waals surface area (Å²) in [4.78, 5) is 28.8. The van der Waals surface area contributed by atoms with E-state index < -0.39 is 17.4 Å². The highest BCUT2D eigenvalue weighted by molar-refractivity contribution is 9.10. The molecular formula is C15H16BrN3O2. The standard InChI is InChI=1S/C15H16BrN3O2/c16-10-6-2-1-5-9(10)11-12(20)18-14(19-13(11)21)15(17)7-3-4-8-15/h1-2,5-6,11H,3-4,7-8,17H2,(H,18,19,20,21). The van der Waals surface area contributed by atoms with Crippen LogP contribution in [0.2, 0.25) is 0 Å². The van der Waals surface area contributed by atoms with Crippen LogP contribution >= 0.6 is 15.9 Å². The van der Waals surface area contributed by atoms with E-state index >= 15 is 0 Å². The molecule has 3 rings (SSSR count). The Kier molecular flexibility index (Phi) is 3.67. The van der Waals surface area contributed by atoms with Crippen molar-refractivity contribution in [3.63, 3.8) is 0 Å². The molecule has 0 saturated heterocycles. The van der Waals surface area contributed by atoms with Gasteiger partial charge >= 0.3 is 0 Å². The Bertz CT molecular complexity index is 636. The Morgan fingerprint density at radius 1 is 1.24 bits per heavy atom. The van der Waals surface area contributed by atoms with Crippen LogP contribution in [0.25, 0.3) is 0 Å². The zero-order valence-electron chi connectivity index (χ0n) is 11.4. The number of aliphatic imine (C=N–C) groups is 1. The minimum Gasteiger partial charge on any atom is -0.319 e. The Labute approximate surface area is 131 Å². The van der Waals surface area contributed by atoms with Gasteiger partial charge in [-0.3, -0.25) is 9.59 Å². The Balaban J connectivity index is 1.95. The van der Waals surface area contributed by atoms with Crippen molar-refractivity contribution in [2.75, 3.05) is 0 Å². The van der Waals surface area contributed by atoms with Gasteiger partial charge in [-0.2, -0.15) is 4.99 Å². The monoisotopic (exact) mass is 349 g/mol. The van der Waals surface area contributed by atoms with E-state index in [1.807, 2.05) is 6.07 Å². The summed E-state index contributed by atoms with van der Waals surface area (Å²) in [5, 5.41) is 2.75. The fourth-order valence-electron chi connectivity index (χ4n) is 2.97. The van der Waals surface area contributed by atoms with Crippen LogP contribution in [0.15, 0.2) is 33.7 Å². The Hall–Kier alpha value is -1.53. The number of hydrogen-bond donors (Lipinski definition) is 2. The molecule has 0 spiro atoms. The van der Waals surface area contributed by atoms with Gasteiger partial charge in [0.15, 0.2) is 0 Å². The van der Waals surface area contributed by atoms with Gasteiger partial charge in [0.2, 0.25) is 5.91 Å². The van der Waals surface area contributed by atoms with E-state index in [0.29, 0.717) is 11.4 Å². The second-order valence-corrected chi connectivity index (χ2v) is 6.46. The van der Waals surface area contributed by atoms with Crippen molar-refractivity contribution in [1.82, 2.24) is 5.32 Å². The van der Waals surface area contributed by atoms with Gasteiger partial charge < -0.3 is 11.1 Å². The second kappa shape index (κ2) is 5.35. The first-order chi connectivity index (χ1) is 10.0. The number of amidine groups is 1. The first-order valence-corrected chi connectivity index (χ1v) is 7.78. The Morgan fingerprint density at radius 2 is 1.90 bits per heavy atom. The summed E-state index contributed by atoms with van der Waals surface area (Å²) >= 11 is 3.37. The van der Waals surface area contributed by atoms with Crippen LogP contribution < -0.4 is 11.1 Å². The molecule has 3 N–H and O–H groups in total. The molecule has 1 unspecified atom stereocenters. The van der Waals surface area contributed by atoms with E-state index in [4.69, 9.17) is 5.73 Å². The highest BCUT2D eigenvalue weighted by atomic mass is 79.9. The molecule has 5 nitrogen and oxygen atoms in total. The van der Waals surface area contributed by atoms with Crippen LogP contribution in [0, 0.1) is 0 Å². The van der Waals surface area contributed by atoms with Gasteiger partial charge in [0.25, 0.3) is 5.91 Å². The number of amides is 2. The van der Waals surface area contributed by atoms with E-state index in [1.54, 1.807) is 18.2 Å². The topological polar surface area (TPSA) is 84.5 Å². The summed E-state index contributed by atoms with van der Waals surface area (Å²) in [6, 6.07) is 7.18. The number of rotatable bonds is 2. The minimum atomic E-state index is -0.908. The molecular weight excluding hydrogens is 334 g/mol. The van der Waals surface area contributed by atoms with Crippen LogP contribution in [0.3, 0.4) is 0 Å². The number of carbonyl (C=O) groups is 2. The van der Waals surface area contributed by atoms with Crippen LogP contribution in [-0.2, 0) is 9.59 Å². The largest absolute Gasteiger partial charge is 0.319 e. The number of nitrogens with one attached hydrogen (secondary N) is 1. The SMILES string of the molecule is NC1(C2=NC(=O)C(c3ccccc3Br)C(=O)N2)CCCC1. The van der Waals surface area contributed by atoms with E-state index in [2.05, 4.69) is 26.2 Å². The van der Waals surface area contributed by atoms with Gasteiger partial charge in [-0.25, -0.2) is 0 Å². The molecule has 21 heavy (non-hydrogen) atoms. The molecule has 0 bridgehead atoms. The number of nitrogens with zero attached hydrogens (tertiary/aromatic N) is 1. The van der Waals surface area contributed by atoms with Crippen molar-refractivity contribution in [3.05, 3.63) is 34.3 Å². The molecule has 1 aromatic rings. The third kappa shape index (κ3) is 2.53. The van der Waals surface area contributed by atoms with Crippen LogP contribution in [-0.4, -0.2) is 23.2 Å². The summed E-state index contributed by atoms with van der Waals surface area (Å²) in [5.41, 5.74) is 6.23. The maximum atomic E-state index is 12.4. The minimum absolute atomic E-state index is 0.332. The molecule has 1 saturated carbocycles. The third-order valence-electron chi connectivity index (χ3n) is 4.16. The molecule has 2 amide bonds. The summed E-state index contributed by atoms with van der Waals surface area (Å²) < 4.78 is 0.723. The zero-order valence-corrected chi connectivity index (χ0v) is 13.0. The average Bonchev–Trinajstić information content (AvgIpc) is 2.88. The molecule has 0 aromatic heterocycles. The smallest absolute Gasteiger partial charge is 0.264 e. The van der Waals surface area contributed by atoms with Crippen molar-refractivity contribution in [1.29, 1.82) is 0 Å². The normalized spacial score (nSPS) is 24.7. The quantitative estimate of drug-likeness (QED) is 0.799. The summed E-state index contributed by atoms with van der Waals surface area (Å²) in [5.74, 6) is -1.38. The van der Waals surface area contributed by atoms with Crippen molar-refractivity contribution in [3.8, 4) is 0 Å². The maximum absolute atomic E-state index is 12.4. The lowest BCUT2D eigenvalue weighted by Crippen LogP contribution is -2.57. The highest BCUT2D eigenvalue weighted by Gasteiger charge is 2.42. The highest BCUT2D eigenvalue weighted by Crippen LogP contribution is 2.32. The lowest BCUT2D eigenvalue weighted by Gasteiger charge is -2.30. The molecule has 1 aliphatic heterocycles. The summed E-state index contributed by atoms with van der Waals surface area (Å²) in [6.07, 6.45) is 3.48. The predicted molar refractivity (Wildman–Crippen MR) is 82.9 cm³/mol. The number of halogens is 1. The van der Waals surface area contributed by atoms with E-state index in [9.17, 15) is 9.59 Å². The Morgan fingerprint density at radius 3 is 2.52 bits per heavy atom. The van der Waals surface area contributed by atoms with Crippen LogP contribution in [0.4, 0.5) is 0 Å². The summed E-state index contributed by atoms with van der Waals surface area (Å²) in [7, 11) is 0. The van der Waals surface area contributed by atoms with Crippen LogP contribution in [0.5, 0.6) is 0 Å². The van der Waals surface area contributed by atoms with Crippen LogP contribution in [0.1, 0.15) is 37.2 Å². The fourth-order valence-corrected chi connectivity index (χ4v) is 3.48. The second-order valence-electron chi connectivity index (χ2n) is 5.61.